The van der Waals surface area contributed by atoms with Crippen molar-refractivity contribution in [3.8, 4) is 0 Å². The second-order valence-electron chi connectivity index (χ2n) is 5.13. The van der Waals surface area contributed by atoms with Gasteiger partial charge in [-0.2, -0.15) is 13.2 Å². The first-order chi connectivity index (χ1) is 9.86. The molecular formula is C13H16F3N3O2. The van der Waals surface area contributed by atoms with E-state index in [4.69, 9.17) is 5.11 Å². The monoisotopic (exact) mass is 303 g/mol. The number of hydrogen-bond donors (Lipinski definition) is 1. The second kappa shape index (κ2) is 6.28. The summed E-state index contributed by atoms with van der Waals surface area (Å²) in [4.78, 5) is 19.8. The first-order valence-electron chi connectivity index (χ1n) is 6.73. The van der Waals surface area contributed by atoms with Gasteiger partial charge >= 0.3 is 12.1 Å². The quantitative estimate of drug-likeness (QED) is 0.926. The first kappa shape index (κ1) is 15.5. The van der Waals surface area contributed by atoms with Crippen LogP contribution in [0.1, 0.15) is 31.4 Å². The minimum absolute atomic E-state index is 0.0600. The summed E-state index contributed by atoms with van der Waals surface area (Å²) in [5.41, 5.74) is -0.958. The van der Waals surface area contributed by atoms with Crippen molar-refractivity contribution in [3.63, 3.8) is 0 Å². The van der Waals surface area contributed by atoms with Crippen molar-refractivity contribution < 1.29 is 23.1 Å². The number of carbonyl (C=O) groups is 1. The molecule has 8 heteroatoms. The van der Waals surface area contributed by atoms with Crippen LogP contribution < -0.4 is 4.90 Å². The van der Waals surface area contributed by atoms with E-state index < -0.39 is 17.8 Å². The van der Waals surface area contributed by atoms with Crippen LogP contribution >= 0.6 is 0 Å². The van der Waals surface area contributed by atoms with E-state index in [0.717, 1.165) is 25.1 Å². The molecular weight excluding hydrogens is 287 g/mol. The fourth-order valence-corrected chi connectivity index (χ4v) is 2.47. The van der Waals surface area contributed by atoms with Gasteiger partial charge in [0.2, 0.25) is 5.95 Å². The molecule has 1 atom stereocenters. The standard InChI is InChI=1S/C13H16F3N3O2/c14-13(15,16)10-5-6-17-12(18-10)19-7-1-2-9(8-19)3-4-11(20)21/h5-6,9H,1-4,7-8H2,(H,20,21). The molecule has 1 N–H and O–H groups in total. The third-order valence-corrected chi connectivity index (χ3v) is 3.50. The molecule has 0 radical (unpaired) electrons. The molecule has 1 saturated heterocycles. The maximum absolute atomic E-state index is 12.6. The molecule has 1 aliphatic rings. The molecule has 0 saturated carbocycles. The average Bonchev–Trinajstić information content (AvgIpc) is 2.45. The van der Waals surface area contributed by atoms with E-state index in [1.165, 1.54) is 0 Å². The van der Waals surface area contributed by atoms with Gasteiger partial charge < -0.3 is 10.0 Å². The van der Waals surface area contributed by atoms with Gasteiger partial charge in [0.25, 0.3) is 0 Å². The zero-order valence-corrected chi connectivity index (χ0v) is 11.3. The van der Waals surface area contributed by atoms with Gasteiger partial charge in [-0.25, -0.2) is 9.97 Å². The van der Waals surface area contributed by atoms with E-state index in [1.54, 1.807) is 4.90 Å². The minimum atomic E-state index is -4.49. The van der Waals surface area contributed by atoms with Crippen molar-refractivity contribution in [3.05, 3.63) is 18.0 Å². The molecule has 1 unspecified atom stereocenters. The normalized spacial score (nSPS) is 19.6. The molecule has 2 heterocycles. The Morgan fingerprint density at radius 1 is 1.48 bits per heavy atom. The number of nitrogens with zero attached hydrogens (tertiary/aromatic N) is 3. The fourth-order valence-electron chi connectivity index (χ4n) is 2.47. The van der Waals surface area contributed by atoms with Gasteiger partial charge in [0.15, 0.2) is 0 Å². The summed E-state index contributed by atoms with van der Waals surface area (Å²) < 4.78 is 37.9. The Balaban J connectivity index is 2.05. The lowest BCUT2D eigenvalue weighted by Crippen LogP contribution is -2.37. The average molecular weight is 303 g/mol. The molecule has 1 fully saturated rings. The molecule has 1 aromatic rings. The number of alkyl halides is 3. The highest BCUT2D eigenvalue weighted by molar-refractivity contribution is 5.66. The Kier molecular flexibility index (Phi) is 4.64. The molecule has 5 nitrogen and oxygen atoms in total. The number of carboxylic acid groups (broad SMARTS) is 1. The minimum Gasteiger partial charge on any atom is -0.481 e. The first-order valence-corrected chi connectivity index (χ1v) is 6.73. The van der Waals surface area contributed by atoms with E-state index in [0.29, 0.717) is 19.5 Å². The van der Waals surface area contributed by atoms with Gasteiger partial charge in [0.05, 0.1) is 0 Å². The molecule has 1 aromatic heterocycles. The lowest BCUT2D eigenvalue weighted by molar-refractivity contribution is -0.141. The number of aliphatic carboxylic acids is 1. The number of rotatable bonds is 4. The number of halogens is 3. The van der Waals surface area contributed by atoms with Gasteiger partial charge in [0, 0.05) is 25.7 Å². The highest BCUT2D eigenvalue weighted by Gasteiger charge is 2.33. The Morgan fingerprint density at radius 2 is 2.24 bits per heavy atom. The van der Waals surface area contributed by atoms with Gasteiger partial charge in [-0.05, 0) is 31.2 Å². The molecule has 2 rings (SSSR count). The Bertz CT molecular complexity index is 508. The van der Waals surface area contributed by atoms with Crippen molar-refractivity contribution in [1.82, 2.24) is 9.97 Å². The molecule has 0 aromatic carbocycles. The van der Waals surface area contributed by atoms with E-state index in [1.807, 2.05) is 0 Å². The van der Waals surface area contributed by atoms with Crippen LogP contribution in [0, 0.1) is 5.92 Å². The summed E-state index contributed by atoms with van der Waals surface area (Å²) in [7, 11) is 0. The SMILES string of the molecule is O=C(O)CCC1CCCN(c2nccc(C(F)(F)F)n2)C1. The van der Waals surface area contributed by atoms with Gasteiger partial charge in [-0.3, -0.25) is 4.79 Å². The van der Waals surface area contributed by atoms with E-state index in [2.05, 4.69) is 9.97 Å². The Hall–Kier alpha value is -1.86. The molecule has 0 aliphatic carbocycles. The number of piperidine rings is 1. The zero-order valence-electron chi connectivity index (χ0n) is 11.3. The highest BCUT2D eigenvalue weighted by Crippen LogP contribution is 2.29. The molecule has 0 amide bonds. The summed E-state index contributed by atoms with van der Waals surface area (Å²) >= 11 is 0. The molecule has 0 bridgehead atoms. The van der Waals surface area contributed by atoms with Crippen LogP contribution in [0.15, 0.2) is 12.3 Å². The molecule has 0 spiro atoms. The number of aromatic nitrogens is 2. The third kappa shape index (κ3) is 4.30. The fraction of sp³-hybridized carbons (Fsp3) is 0.615. The van der Waals surface area contributed by atoms with Crippen LogP contribution in [0.25, 0.3) is 0 Å². The van der Waals surface area contributed by atoms with Crippen LogP contribution in [0.2, 0.25) is 0 Å². The van der Waals surface area contributed by atoms with Crippen molar-refractivity contribution in [1.29, 1.82) is 0 Å². The smallest absolute Gasteiger partial charge is 0.433 e. The molecule has 116 valence electrons. The summed E-state index contributed by atoms with van der Waals surface area (Å²) in [6.07, 6.45) is -1.12. The van der Waals surface area contributed by atoms with Crippen molar-refractivity contribution >= 4 is 11.9 Å². The predicted molar refractivity (Wildman–Crippen MR) is 68.8 cm³/mol. The van der Waals surface area contributed by atoms with E-state index in [-0.39, 0.29) is 18.3 Å². The van der Waals surface area contributed by atoms with Gasteiger partial charge in [0.1, 0.15) is 5.69 Å². The Morgan fingerprint density at radius 3 is 2.90 bits per heavy atom. The summed E-state index contributed by atoms with van der Waals surface area (Å²) in [5, 5.41) is 8.69. The van der Waals surface area contributed by atoms with Crippen molar-refractivity contribution in [2.45, 2.75) is 31.9 Å². The van der Waals surface area contributed by atoms with Crippen LogP contribution in [-0.4, -0.2) is 34.1 Å². The largest absolute Gasteiger partial charge is 0.481 e. The van der Waals surface area contributed by atoms with Crippen LogP contribution in [-0.2, 0) is 11.0 Å². The molecule has 21 heavy (non-hydrogen) atoms. The Labute approximate surface area is 119 Å². The summed E-state index contributed by atoms with van der Waals surface area (Å²) in [6, 6.07) is 0.843. The van der Waals surface area contributed by atoms with Crippen LogP contribution in [0.3, 0.4) is 0 Å². The summed E-state index contributed by atoms with van der Waals surface area (Å²) in [6.45, 7) is 1.08. The highest BCUT2D eigenvalue weighted by atomic mass is 19.4. The topological polar surface area (TPSA) is 66.3 Å². The van der Waals surface area contributed by atoms with E-state index >= 15 is 0 Å². The zero-order chi connectivity index (χ0) is 15.5. The molecule has 1 aliphatic heterocycles. The van der Waals surface area contributed by atoms with Crippen LogP contribution in [0.4, 0.5) is 19.1 Å². The lowest BCUT2D eigenvalue weighted by Gasteiger charge is -2.32. The maximum Gasteiger partial charge on any atom is 0.433 e. The number of carboxylic acids is 1. The van der Waals surface area contributed by atoms with Crippen molar-refractivity contribution in [2.24, 2.45) is 5.92 Å². The number of anilines is 1. The summed E-state index contributed by atoms with van der Waals surface area (Å²) in [5.74, 6) is -0.653. The van der Waals surface area contributed by atoms with Crippen LogP contribution in [0.5, 0.6) is 0 Å². The van der Waals surface area contributed by atoms with Gasteiger partial charge in [-0.1, -0.05) is 0 Å². The van der Waals surface area contributed by atoms with Gasteiger partial charge in [-0.15, -0.1) is 0 Å². The lowest BCUT2D eigenvalue weighted by atomic mass is 9.93. The number of hydrogen-bond acceptors (Lipinski definition) is 4. The second-order valence-corrected chi connectivity index (χ2v) is 5.13. The van der Waals surface area contributed by atoms with E-state index in [9.17, 15) is 18.0 Å². The maximum atomic E-state index is 12.6. The third-order valence-electron chi connectivity index (χ3n) is 3.50. The van der Waals surface area contributed by atoms with Crippen molar-refractivity contribution in [2.75, 3.05) is 18.0 Å². The predicted octanol–water partition coefficient (Wildman–Crippen LogP) is 2.58.